The van der Waals surface area contributed by atoms with Crippen LogP contribution in [0.1, 0.15) is 35.6 Å². The highest BCUT2D eigenvalue weighted by Gasteiger charge is 2.22. The van der Waals surface area contributed by atoms with Crippen LogP contribution in [0.5, 0.6) is 0 Å². The fourth-order valence-corrected chi connectivity index (χ4v) is 4.17. The van der Waals surface area contributed by atoms with Gasteiger partial charge in [-0.3, -0.25) is 9.11 Å². The molecule has 1 saturated heterocycles. The second-order valence-electron chi connectivity index (χ2n) is 7.50. The van der Waals surface area contributed by atoms with Gasteiger partial charge in [-0.1, -0.05) is 47.6 Å². The maximum Gasteiger partial charge on any atom is 0.151 e. The first-order valence-electron chi connectivity index (χ1n) is 9.93. The molecule has 2 aromatic carbocycles. The van der Waals surface area contributed by atoms with Gasteiger partial charge in [0.25, 0.3) is 0 Å². The number of likely N-dealkylation sites (tertiary alicyclic amines) is 1. The molecule has 1 unspecified atom stereocenters. The molecule has 8 heteroatoms. The van der Waals surface area contributed by atoms with Gasteiger partial charge in [0.2, 0.25) is 0 Å². The fourth-order valence-electron chi connectivity index (χ4n) is 3.90. The van der Waals surface area contributed by atoms with Gasteiger partial charge in [-0.2, -0.15) is 0 Å². The van der Waals surface area contributed by atoms with Crippen molar-refractivity contribution < 1.29 is 17.7 Å². The zero-order valence-electron chi connectivity index (χ0n) is 16.4. The number of benzene rings is 2. The lowest BCUT2D eigenvalue weighted by Gasteiger charge is -2.31. The summed E-state index contributed by atoms with van der Waals surface area (Å²) >= 11 is -2.41. The molecule has 4 rings (SSSR count). The van der Waals surface area contributed by atoms with Crippen molar-refractivity contribution in [2.24, 2.45) is 0 Å². The van der Waals surface area contributed by atoms with Gasteiger partial charge in [-0.15, -0.1) is 0 Å². The van der Waals surface area contributed by atoms with Crippen molar-refractivity contribution in [2.45, 2.75) is 31.8 Å². The molecule has 1 aliphatic heterocycles. The summed E-state index contributed by atoms with van der Waals surface area (Å²) in [7, 11) is 0. The summed E-state index contributed by atoms with van der Waals surface area (Å²) in [6.45, 7) is 2.48. The number of nitrogens with zero attached hydrogens (tertiary/aromatic N) is 2. The molecule has 1 atom stereocenters. The number of aromatic nitrogens is 1. The van der Waals surface area contributed by atoms with E-state index in [4.69, 9.17) is 4.52 Å². The van der Waals surface area contributed by atoms with E-state index in [2.05, 4.69) is 14.8 Å². The number of hydrogen-bond acceptors (Lipinski definition) is 5. The van der Waals surface area contributed by atoms with Crippen molar-refractivity contribution in [3.63, 3.8) is 0 Å². The molecule has 0 saturated carbocycles. The first-order valence-corrected chi connectivity index (χ1v) is 11.0. The molecule has 1 aromatic heterocycles. The van der Waals surface area contributed by atoms with Gasteiger partial charge in [0.05, 0.1) is 6.54 Å². The Morgan fingerprint density at radius 2 is 1.93 bits per heavy atom. The molecule has 6 nitrogen and oxygen atoms in total. The number of nitrogens with one attached hydrogen (secondary N) is 1. The van der Waals surface area contributed by atoms with Gasteiger partial charge in [-0.25, -0.2) is 9.11 Å². The van der Waals surface area contributed by atoms with Gasteiger partial charge in [0.15, 0.2) is 5.76 Å². The highest BCUT2D eigenvalue weighted by Crippen LogP contribution is 2.30. The smallest absolute Gasteiger partial charge is 0.151 e. The highest BCUT2D eigenvalue weighted by atomic mass is 32.2. The van der Waals surface area contributed by atoms with Crippen LogP contribution in [0.2, 0.25) is 0 Å². The first kappa shape index (κ1) is 20.9. The van der Waals surface area contributed by atoms with Crippen LogP contribution in [0.15, 0.2) is 59.1 Å². The minimum absolute atomic E-state index is 0.0378. The lowest BCUT2D eigenvalue weighted by molar-refractivity contribution is 0.184. The normalized spacial score (nSPS) is 16.6. The standard InChI is InChI=1S/C22H24FN3O3S/c23-21-7-6-18(12-19(21)14-24-30(27)28)16-8-10-26(11-9-16)15-20-13-22(25-29-20)17-4-2-1-3-5-17/h1-7,12-13,16,24H,8-11,14-15H2,(H,27,28)/p-1. The van der Waals surface area contributed by atoms with Crippen molar-refractivity contribution in [2.75, 3.05) is 13.1 Å². The molecule has 1 fully saturated rings. The number of rotatable bonds is 7. The average molecular weight is 429 g/mol. The third-order valence-electron chi connectivity index (χ3n) is 5.52. The van der Waals surface area contributed by atoms with Crippen molar-refractivity contribution in [3.05, 3.63) is 77.3 Å². The molecule has 0 amide bonds. The predicted molar refractivity (Wildman–Crippen MR) is 111 cm³/mol. The summed E-state index contributed by atoms with van der Waals surface area (Å²) in [6, 6.07) is 16.9. The Hall–Kier alpha value is -2.39. The number of hydrogen-bond donors (Lipinski definition) is 1. The highest BCUT2D eigenvalue weighted by molar-refractivity contribution is 7.77. The van der Waals surface area contributed by atoms with Gasteiger partial charge in [0, 0.05) is 35.0 Å². The van der Waals surface area contributed by atoms with E-state index in [1.54, 1.807) is 12.1 Å². The molecule has 158 valence electrons. The molecule has 3 aromatic rings. The van der Waals surface area contributed by atoms with E-state index in [0.717, 1.165) is 48.5 Å². The predicted octanol–water partition coefficient (Wildman–Crippen LogP) is 3.74. The summed E-state index contributed by atoms with van der Waals surface area (Å²) in [6.07, 6.45) is 1.90. The van der Waals surface area contributed by atoms with Gasteiger partial charge >= 0.3 is 0 Å². The van der Waals surface area contributed by atoms with Crippen LogP contribution in [-0.4, -0.2) is 31.9 Å². The van der Waals surface area contributed by atoms with Gasteiger partial charge in [0.1, 0.15) is 11.5 Å². The summed E-state index contributed by atoms with van der Waals surface area (Å²) in [5.41, 5.74) is 3.30. The van der Waals surface area contributed by atoms with E-state index >= 15 is 0 Å². The Labute approximate surface area is 177 Å². The maximum atomic E-state index is 14.0. The molecule has 0 aliphatic carbocycles. The summed E-state index contributed by atoms with van der Waals surface area (Å²) < 4.78 is 43.1. The zero-order chi connectivity index (χ0) is 20.9. The van der Waals surface area contributed by atoms with E-state index in [-0.39, 0.29) is 6.54 Å². The summed E-state index contributed by atoms with van der Waals surface area (Å²) in [5, 5.41) is 4.18. The van der Waals surface area contributed by atoms with E-state index in [1.165, 1.54) is 6.07 Å². The minimum atomic E-state index is -2.41. The molecule has 1 N–H and O–H groups in total. The molecule has 0 bridgehead atoms. The second-order valence-corrected chi connectivity index (χ2v) is 8.26. The zero-order valence-corrected chi connectivity index (χ0v) is 17.2. The van der Waals surface area contributed by atoms with Crippen molar-refractivity contribution >= 4 is 11.3 Å². The Morgan fingerprint density at radius 1 is 1.17 bits per heavy atom. The average Bonchev–Trinajstić information content (AvgIpc) is 3.23. The molecule has 0 radical (unpaired) electrons. The van der Waals surface area contributed by atoms with E-state index < -0.39 is 17.1 Å². The van der Waals surface area contributed by atoms with Crippen molar-refractivity contribution in [1.82, 2.24) is 14.8 Å². The monoisotopic (exact) mass is 428 g/mol. The van der Waals surface area contributed by atoms with E-state index in [0.29, 0.717) is 18.0 Å². The van der Waals surface area contributed by atoms with Crippen molar-refractivity contribution in [3.8, 4) is 11.3 Å². The summed E-state index contributed by atoms with van der Waals surface area (Å²) in [4.78, 5) is 2.33. The number of piperidine rings is 1. The first-order chi connectivity index (χ1) is 14.6. The SMILES string of the molecule is O=S([O-])NCc1cc(C2CCN(Cc3cc(-c4ccccc4)no3)CC2)ccc1F. The van der Waals surface area contributed by atoms with Crippen LogP contribution in [0.3, 0.4) is 0 Å². The number of halogens is 1. The molecule has 1 aliphatic rings. The van der Waals surface area contributed by atoms with Crippen LogP contribution in [0.4, 0.5) is 4.39 Å². The second kappa shape index (κ2) is 9.61. The third-order valence-corrected chi connectivity index (χ3v) is 5.90. The Kier molecular flexibility index (Phi) is 6.69. The van der Waals surface area contributed by atoms with Crippen molar-refractivity contribution in [1.29, 1.82) is 0 Å². The van der Waals surface area contributed by atoms with Crippen LogP contribution >= 0.6 is 0 Å². The van der Waals surface area contributed by atoms with Crippen LogP contribution < -0.4 is 4.72 Å². The van der Waals surface area contributed by atoms with Crippen LogP contribution in [-0.2, 0) is 24.4 Å². The Bertz CT molecular complexity index is 1000. The van der Waals surface area contributed by atoms with Crippen LogP contribution in [0, 0.1) is 5.82 Å². The van der Waals surface area contributed by atoms with E-state index in [1.807, 2.05) is 36.4 Å². The topological polar surface area (TPSA) is 81.4 Å². The maximum absolute atomic E-state index is 14.0. The molecular weight excluding hydrogens is 405 g/mol. The summed E-state index contributed by atoms with van der Waals surface area (Å²) in [5.74, 6) is 0.773. The molecule has 2 heterocycles. The largest absolute Gasteiger partial charge is 0.760 e. The van der Waals surface area contributed by atoms with E-state index in [9.17, 15) is 13.2 Å². The molecule has 30 heavy (non-hydrogen) atoms. The Balaban J connectivity index is 1.34. The lowest BCUT2D eigenvalue weighted by atomic mass is 9.88. The van der Waals surface area contributed by atoms with Gasteiger partial charge < -0.3 is 9.08 Å². The minimum Gasteiger partial charge on any atom is -0.760 e. The fraction of sp³-hybridized carbons (Fsp3) is 0.318. The molecular formula is C22H23FN3O3S-. The molecule has 0 spiro atoms. The van der Waals surface area contributed by atoms with Crippen LogP contribution in [0.25, 0.3) is 11.3 Å². The third kappa shape index (κ3) is 5.20. The van der Waals surface area contributed by atoms with Gasteiger partial charge in [-0.05, 0) is 43.5 Å². The lowest BCUT2D eigenvalue weighted by Crippen LogP contribution is -2.32. The quantitative estimate of drug-likeness (QED) is 0.580. The Morgan fingerprint density at radius 3 is 2.67 bits per heavy atom.